The van der Waals surface area contributed by atoms with Crippen molar-refractivity contribution in [2.75, 3.05) is 52.7 Å². The van der Waals surface area contributed by atoms with Gasteiger partial charge >= 0.3 is 13.8 Å². The highest BCUT2D eigenvalue weighted by molar-refractivity contribution is 7.47. The van der Waals surface area contributed by atoms with Gasteiger partial charge in [-0.2, -0.15) is 0 Å². The molecule has 0 bridgehead atoms. The Morgan fingerprint density at radius 3 is 1.60 bits per heavy atom. The van der Waals surface area contributed by atoms with E-state index < -0.39 is 243 Å². The van der Waals surface area contributed by atoms with Crippen LogP contribution in [0.25, 0.3) is 0 Å². The number of nitrogens with one attached hydrogen (secondary N) is 3. The van der Waals surface area contributed by atoms with Crippen molar-refractivity contribution in [1.82, 2.24) is 16.0 Å². The van der Waals surface area contributed by atoms with Crippen LogP contribution in [0.2, 0.25) is 0 Å². The molecule has 0 aromatic carbocycles. The molecule has 0 aromatic rings. The molecule has 36 nitrogen and oxygen atoms in total. The van der Waals surface area contributed by atoms with Crippen LogP contribution in [-0.2, 0) is 70.6 Å². The standard InChI is InChI=1S/C56H101N4O32P/c1-2-3-4-5-6-7-8-9-10-11-12-13-14-17-32(64)89-48-42(73)40(71)43(74)49(46(48)77)91-53-33(57)37(68)47(29(23-63)86-53)90-54-44(75)38(69)35(66)30(87-54)24-82-56-50(41(72)34(65)28(22-62)85-56)92-55-45(76)39(70)36(67)31(88-55)25-84-93(80,81)83-20-19-59-51(78)27(21-61)60-52(79)26-16-15-18-58-26/h26-31,33-50,53-56,58,61-63,65-77H,2-25,57H2,1H3,(H,59,78)(H,60,79)(H,80,81)/t26-,27-,28+,29+,30+,31+,33+,34+,35+,36+,37+,38-,39-,40+,41-,42+,43-,44-,45-,46+,47+,48+,49+,50-,53+,54+,55+,56-/m0/s1. The van der Waals surface area contributed by atoms with Crippen molar-refractivity contribution in [3.05, 3.63) is 0 Å². The molecule has 5 heterocycles. The zero-order chi connectivity index (χ0) is 68.3. The van der Waals surface area contributed by atoms with Crippen LogP contribution < -0.4 is 21.7 Å². The van der Waals surface area contributed by atoms with E-state index in [0.29, 0.717) is 25.8 Å². The van der Waals surface area contributed by atoms with Crippen LogP contribution in [0.3, 0.4) is 0 Å². The van der Waals surface area contributed by atoms with Gasteiger partial charge in [0.1, 0.15) is 128 Å². The lowest BCUT2D eigenvalue weighted by molar-refractivity contribution is -0.377. The Labute approximate surface area is 537 Å². The van der Waals surface area contributed by atoms with Crippen molar-refractivity contribution in [2.45, 2.75) is 281 Å². The third-order valence-corrected chi connectivity index (χ3v) is 18.4. The van der Waals surface area contributed by atoms with Crippen LogP contribution in [0.1, 0.15) is 110 Å². The van der Waals surface area contributed by atoms with Gasteiger partial charge < -0.3 is 151 Å². The van der Waals surface area contributed by atoms with Gasteiger partial charge in [-0.1, -0.05) is 84.0 Å². The zero-order valence-corrected chi connectivity index (χ0v) is 52.8. The fourth-order valence-corrected chi connectivity index (χ4v) is 12.5. The molecule has 1 aliphatic carbocycles. The van der Waals surface area contributed by atoms with Crippen LogP contribution in [0, 0.1) is 0 Å². The number of phosphoric acid groups is 1. The number of hydrogen-bond acceptors (Lipinski definition) is 33. The molecule has 0 aromatic heterocycles. The first-order chi connectivity index (χ1) is 44.3. The smallest absolute Gasteiger partial charge is 0.457 e. The highest BCUT2D eigenvalue weighted by atomic mass is 31.2. The number of aliphatic hydroxyl groups is 16. The predicted octanol–water partition coefficient (Wildman–Crippen LogP) is -8.05. The van der Waals surface area contributed by atoms with Crippen molar-refractivity contribution < 1.29 is 157 Å². The summed E-state index contributed by atoms with van der Waals surface area (Å²) in [6.07, 6.45) is -34.5. The summed E-state index contributed by atoms with van der Waals surface area (Å²) in [4.78, 5) is 48.3. The van der Waals surface area contributed by atoms with Crippen molar-refractivity contribution >= 4 is 25.6 Å². The topological polar surface area (TPSA) is 576 Å². The van der Waals surface area contributed by atoms with Gasteiger partial charge in [-0.05, 0) is 25.8 Å². The van der Waals surface area contributed by atoms with E-state index >= 15 is 0 Å². The Morgan fingerprint density at radius 1 is 0.548 bits per heavy atom. The molecule has 29 atom stereocenters. The Morgan fingerprint density at radius 2 is 1.04 bits per heavy atom. The molecule has 2 amide bonds. The molecule has 1 saturated carbocycles. The first-order valence-electron chi connectivity index (χ1n) is 32.0. The quantitative estimate of drug-likeness (QED) is 0.0156. The molecule has 542 valence electrons. The number of carbonyl (C=O) groups is 3. The van der Waals surface area contributed by atoms with E-state index in [0.717, 1.165) is 32.1 Å². The van der Waals surface area contributed by atoms with Gasteiger partial charge in [-0.25, -0.2) is 4.57 Å². The monoisotopic (exact) mass is 1370 g/mol. The molecule has 6 rings (SSSR count). The Hall–Kier alpha value is -2.52. The summed E-state index contributed by atoms with van der Waals surface area (Å²) >= 11 is 0. The molecular formula is C56H101N4O32P. The molecule has 93 heavy (non-hydrogen) atoms. The zero-order valence-electron chi connectivity index (χ0n) is 51.9. The fraction of sp³-hybridized carbons (Fsp3) is 0.946. The highest BCUT2D eigenvalue weighted by Crippen LogP contribution is 2.44. The normalized spacial score (nSPS) is 40.1. The Kier molecular flexibility index (Phi) is 33.1. The number of amides is 2. The largest absolute Gasteiger partial charge is 0.472 e. The molecule has 37 heteroatoms. The van der Waals surface area contributed by atoms with E-state index in [1.54, 1.807) is 0 Å². The van der Waals surface area contributed by atoms with Crippen LogP contribution in [-0.4, -0.2) is 329 Å². The minimum absolute atomic E-state index is 0.0811. The number of phosphoric ester groups is 1. The lowest BCUT2D eigenvalue weighted by Gasteiger charge is -2.49. The van der Waals surface area contributed by atoms with Crippen LogP contribution in [0.5, 0.6) is 0 Å². The molecule has 22 N–H and O–H groups in total. The van der Waals surface area contributed by atoms with Gasteiger partial charge in [0, 0.05) is 13.0 Å². The number of nitrogens with two attached hydrogens (primary N) is 1. The second kappa shape index (κ2) is 38.7. The van der Waals surface area contributed by atoms with Gasteiger partial charge in [0.25, 0.3) is 0 Å². The molecule has 1 unspecified atom stereocenters. The number of ether oxygens (including phenoxy) is 9. The maximum absolute atomic E-state index is 12.9. The second-order valence-electron chi connectivity index (χ2n) is 24.4. The third kappa shape index (κ3) is 22.0. The van der Waals surface area contributed by atoms with E-state index in [9.17, 15) is 106 Å². The summed E-state index contributed by atoms with van der Waals surface area (Å²) in [7, 11) is -5.08. The summed E-state index contributed by atoms with van der Waals surface area (Å²) < 4.78 is 73.9. The van der Waals surface area contributed by atoms with E-state index in [1.165, 1.54) is 44.9 Å². The number of carbonyl (C=O) groups excluding carboxylic acids is 3. The van der Waals surface area contributed by atoms with Gasteiger partial charge in [0.05, 0.1) is 51.7 Å². The second-order valence-corrected chi connectivity index (χ2v) is 25.8. The maximum Gasteiger partial charge on any atom is 0.472 e. The van der Waals surface area contributed by atoms with Crippen molar-refractivity contribution in [3.63, 3.8) is 0 Å². The highest BCUT2D eigenvalue weighted by Gasteiger charge is 2.57. The van der Waals surface area contributed by atoms with Crippen molar-refractivity contribution in [2.24, 2.45) is 5.73 Å². The third-order valence-electron chi connectivity index (χ3n) is 17.4. The molecule has 6 fully saturated rings. The average Bonchev–Trinajstić information content (AvgIpc) is 1.02. The molecule has 5 aliphatic heterocycles. The van der Waals surface area contributed by atoms with Gasteiger partial charge in [-0.3, -0.25) is 23.4 Å². The summed E-state index contributed by atoms with van der Waals surface area (Å²) in [5.74, 6) is -2.17. The van der Waals surface area contributed by atoms with Crippen molar-refractivity contribution in [1.29, 1.82) is 0 Å². The summed E-state index contributed by atoms with van der Waals surface area (Å²) in [5, 5.41) is 181. The SMILES string of the molecule is CCCCCCCCCCCCCCCC(=O)O[C@H]1[C@@H](O)[C@H](O[C@H]2O[C@H](CO)[C@@H](O[C@H]3O[C@H](CO[C@H]4O[C@H](CO)[C@@H](O)[C@H](O)[C@@H]4O[C@H]4O[C@H](COP(=O)(O)OCCNC(=O)[C@H](CO)NC(=O)[C@@H]5CCCN5)[C@@H](O)[C@H](O)[C@@H]4O)[C@@H](O)[C@H](O)[C@@H]3O)[C@H](O)[C@H]2N)[C@@H](O)[C@H](O)[C@H]1O. The minimum atomic E-state index is -5.08. The first kappa shape index (κ1) is 79.5. The van der Waals surface area contributed by atoms with Gasteiger partial charge in [0.2, 0.25) is 11.8 Å². The van der Waals surface area contributed by atoms with Gasteiger partial charge in [-0.15, -0.1) is 0 Å². The molecular weight excluding hydrogens is 1270 g/mol. The molecule has 6 aliphatic rings. The number of rotatable bonds is 37. The number of aliphatic hydroxyl groups excluding tert-OH is 16. The average molecular weight is 1370 g/mol. The number of esters is 1. The minimum Gasteiger partial charge on any atom is -0.457 e. The van der Waals surface area contributed by atoms with Gasteiger partial charge in [0.15, 0.2) is 31.3 Å². The van der Waals surface area contributed by atoms with E-state index in [1.807, 2.05) is 0 Å². The summed E-state index contributed by atoms with van der Waals surface area (Å²) in [5.41, 5.74) is 6.32. The van der Waals surface area contributed by atoms with Crippen molar-refractivity contribution in [3.8, 4) is 0 Å². The Balaban J connectivity index is 1.01. The van der Waals surface area contributed by atoms with Crippen LogP contribution >= 0.6 is 7.82 Å². The fourth-order valence-electron chi connectivity index (χ4n) is 11.7. The predicted molar refractivity (Wildman–Crippen MR) is 310 cm³/mol. The summed E-state index contributed by atoms with van der Waals surface area (Å²) in [6.45, 7) is -3.08. The van der Waals surface area contributed by atoms with E-state index in [-0.39, 0.29) is 6.42 Å². The van der Waals surface area contributed by atoms with Crippen LogP contribution in [0.4, 0.5) is 0 Å². The summed E-state index contributed by atoms with van der Waals surface area (Å²) in [6, 6.07) is -3.64. The van der Waals surface area contributed by atoms with E-state index in [2.05, 4.69) is 22.9 Å². The molecule has 5 saturated heterocycles. The lowest BCUT2D eigenvalue weighted by Crippen LogP contribution is -2.69. The van der Waals surface area contributed by atoms with E-state index in [4.69, 9.17) is 57.4 Å². The Bertz CT molecular complexity index is 2260. The van der Waals surface area contributed by atoms with Crippen LogP contribution in [0.15, 0.2) is 0 Å². The first-order valence-corrected chi connectivity index (χ1v) is 33.5. The number of unbranched alkanes of at least 4 members (excludes halogenated alkanes) is 12. The maximum atomic E-state index is 12.9. The lowest BCUT2D eigenvalue weighted by atomic mass is 9.84. The molecule has 0 radical (unpaired) electrons. The molecule has 0 spiro atoms. The number of hydrogen-bond donors (Lipinski definition) is 21.